The Balaban J connectivity index is 0.00000134. The predicted molar refractivity (Wildman–Crippen MR) is 170 cm³/mol. The van der Waals surface area contributed by atoms with Crippen molar-refractivity contribution in [2.45, 2.75) is 18.9 Å². The Bertz CT molecular complexity index is 1930. The first-order valence-electron chi connectivity index (χ1n) is 13.6. The fourth-order valence-corrected chi connectivity index (χ4v) is 5.52. The highest BCUT2D eigenvalue weighted by Gasteiger charge is 2.29. The highest BCUT2D eigenvalue weighted by atomic mass is 35.5. The molecule has 238 valence electrons. The summed E-state index contributed by atoms with van der Waals surface area (Å²) in [4.78, 5) is 46.0. The van der Waals surface area contributed by atoms with Gasteiger partial charge in [0.2, 0.25) is 0 Å². The number of amides is 1. The van der Waals surface area contributed by atoms with Gasteiger partial charge in [0.15, 0.2) is 5.15 Å². The number of rotatable bonds is 8. The number of hydrogen-bond donors (Lipinski definition) is 3. The molecule has 0 fully saturated rings. The molecule has 1 aromatic carbocycles. The van der Waals surface area contributed by atoms with Crippen LogP contribution < -0.4 is 10.9 Å². The predicted octanol–water partition coefficient (Wildman–Crippen LogP) is 5.27. The number of hydrogen-bond acceptors (Lipinski definition) is 9. The van der Waals surface area contributed by atoms with Gasteiger partial charge in [0.05, 0.1) is 42.1 Å². The van der Waals surface area contributed by atoms with Crippen molar-refractivity contribution < 1.29 is 24.2 Å². The lowest BCUT2D eigenvalue weighted by Crippen LogP contribution is -2.24. The number of carboxylic acid groups (broad SMARTS) is 1. The number of carbonyl (C=O) groups is 2. The van der Waals surface area contributed by atoms with Gasteiger partial charge < -0.3 is 24.1 Å². The van der Waals surface area contributed by atoms with Crippen LogP contribution in [0, 0.1) is 0 Å². The summed E-state index contributed by atoms with van der Waals surface area (Å²) < 4.78 is 13.1. The van der Waals surface area contributed by atoms with Gasteiger partial charge in [-0.3, -0.25) is 19.9 Å². The van der Waals surface area contributed by atoms with E-state index in [1.165, 1.54) is 13.3 Å². The summed E-state index contributed by atoms with van der Waals surface area (Å²) in [6, 6.07) is 11.8. The second-order valence-electron chi connectivity index (χ2n) is 9.72. The van der Waals surface area contributed by atoms with Crippen molar-refractivity contribution in [3.05, 3.63) is 92.1 Å². The Labute approximate surface area is 275 Å². The number of H-pyrrole nitrogens is 1. The number of nitrogens with zero attached hydrogens (tertiary/aromatic N) is 6. The Morgan fingerprint density at radius 3 is 2.67 bits per heavy atom. The molecule has 3 N–H and O–H groups in total. The minimum Gasteiger partial charge on any atom is -0.483 e. The molecule has 1 atom stereocenters. The first kappa shape index (κ1) is 32.6. The van der Waals surface area contributed by atoms with E-state index in [1.807, 2.05) is 6.07 Å². The van der Waals surface area contributed by atoms with Crippen LogP contribution in [0.5, 0.6) is 0 Å². The van der Waals surface area contributed by atoms with Gasteiger partial charge in [0.25, 0.3) is 12.0 Å². The largest absolute Gasteiger partial charge is 0.483 e. The van der Waals surface area contributed by atoms with Crippen LogP contribution in [0.25, 0.3) is 28.2 Å². The van der Waals surface area contributed by atoms with E-state index in [9.17, 15) is 9.59 Å². The van der Waals surface area contributed by atoms with Crippen molar-refractivity contribution in [2.24, 2.45) is 0 Å². The number of halogens is 3. The maximum absolute atomic E-state index is 13.5. The number of aromatic amines is 1. The van der Waals surface area contributed by atoms with Gasteiger partial charge >= 0.3 is 6.09 Å². The van der Waals surface area contributed by atoms with E-state index in [0.29, 0.717) is 64.2 Å². The van der Waals surface area contributed by atoms with Crippen LogP contribution >= 0.6 is 34.8 Å². The lowest BCUT2D eigenvalue weighted by atomic mass is 10.0. The zero-order valence-corrected chi connectivity index (χ0v) is 26.3. The molecule has 0 radical (unpaired) electrons. The van der Waals surface area contributed by atoms with Gasteiger partial charge in [0, 0.05) is 29.5 Å². The molecule has 17 heteroatoms. The standard InChI is InChI=1S/C28H23Cl3N8O4.CH2O2/c1-42-8-9-43-28(41)33-17-3-5-20(32-13-17)25-26(31)35-27(34-25)22-7-4-18-10-15(11-24(40)39(18)22)19-12-16(29)2-6-21(19)38-14-23(30)36-37-38;2-1-3/h2-3,5-6,10-14,22H,4,7-9H2,1H3,(H,33,41)(H,34,35);1H,(H,2,3)/t22-;/m0./s1. The second-order valence-corrected chi connectivity index (χ2v) is 10.9. The van der Waals surface area contributed by atoms with Crippen LogP contribution in [0.1, 0.15) is 24.0 Å². The topological polar surface area (TPSA) is 179 Å². The maximum atomic E-state index is 13.5. The molecule has 5 aromatic rings. The molecule has 0 saturated heterocycles. The third kappa shape index (κ3) is 7.21. The number of methoxy groups -OCH3 is 1. The number of imidazole rings is 1. The molecular weight excluding hydrogens is 663 g/mol. The van der Waals surface area contributed by atoms with E-state index in [0.717, 1.165) is 5.69 Å². The summed E-state index contributed by atoms with van der Waals surface area (Å²) in [6.07, 6.45) is 3.73. The number of aryl methyl sites for hydroxylation is 1. The van der Waals surface area contributed by atoms with Gasteiger partial charge in [-0.2, -0.15) is 0 Å². The summed E-state index contributed by atoms with van der Waals surface area (Å²) in [5.41, 5.74) is 4.11. The molecule has 46 heavy (non-hydrogen) atoms. The second kappa shape index (κ2) is 14.6. The summed E-state index contributed by atoms with van der Waals surface area (Å²) in [5.74, 6) is 0.542. The molecule has 1 aliphatic rings. The van der Waals surface area contributed by atoms with Crippen LogP contribution in [0.15, 0.2) is 59.7 Å². The number of benzene rings is 1. The molecule has 0 bridgehead atoms. The average molecular weight is 688 g/mol. The van der Waals surface area contributed by atoms with E-state index >= 15 is 0 Å². The summed E-state index contributed by atoms with van der Waals surface area (Å²) in [7, 11) is 1.52. The van der Waals surface area contributed by atoms with Gasteiger partial charge in [-0.15, -0.1) is 5.10 Å². The van der Waals surface area contributed by atoms with Gasteiger partial charge in [-0.05, 0) is 54.8 Å². The Morgan fingerprint density at radius 1 is 1.17 bits per heavy atom. The number of fused-ring (bicyclic) bond motifs is 1. The SMILES string of the molecule is COCCOC(=O)Nc1ccc(-c2nc([C@@H]3CCc4cc(-c5cc(Cl)ccc5-n5cc(Cl)nn5)cc(=O)n43)[nH]c2Cl)nc1.O=CO. The van der Waals surface area contributed by atoms with Crippen molar-refractivity contribution in [3.63, 3.8) is 0 Å². The number of anilines is 1. The van der Waals surface area contributed by atoms with E-state index < -0.39 is 6.09 Å². The Kier molecular flexibility index (Phi) is 10.3. The van der Waals surface area contributed by atoms with Crippen LogP contribution in [0.2, 0.25) is 15.3 Å². The normalized spacial score (nSPS) is 13.4. The first-order valence-corrected chi connectivity index (χ1v) is 14.7. The van der Waals surface area contributed by atoms with Crippen molar-refractivity contribution >= 4 is 53.1 Å². The quantitative estimate of drug-likeness (QED) is 0.144. The van der Waals surface area contributed by atoms with Gasteiger partial charge in [-0.1, -0.05) is 40.0 Å². The fourth-order valence-electron chi connectivity index (χ4n) is 4.99. The first-order chi connectivity index (χ1) is 22.2. The molecule has 0 spiro atoms. The summed E-state index contributed by atoms with van der Waals surface area (Å²) in [6.45, 7) is 0.181. The summed E-state index contributed by atoms with van der Waals surface area (Å²) >= 11 is 18.9. The van der Waals surface area contributed by atoms with Gasteiger partial charge in [0.1, 0.15) is 23.3 Å². The van der Waals surface area contributed by atoms with Crippen molar-refractivity contribution in [1.29, 1.82) is 0 Å². The van der Waals surface area contributed by atoms with E-state index in [2.05, 4.69) is 25.6 Å². The Hall–Kier alpha value is -4.76. The highest BCUT2D eigenvalue weighted by Crippen LogP contribution is 2.36. The van der Waals surface area contributed by atoms with Crippen molar-refractivity contribution in [1.82, 2.24) is 34.5 Å². The smallest absolute Gasteiger partial charge is 0.411 e. The van der Waals surface area contributed by atoms with E-state index in [1.54, 1.807) is 51.8 Å². The third-order valence-corrected chi connectivity index (χ3v) is 7.56. The van der Waals surface area contributed by atoms with Crippen molar-refractivity contribution in [3.8, 4) is 28.2 Å². The van der Waals surface area contributed by atoms with Crippen LogP contribution in [-0.2, 0) is 20.7 Å². The highest BCUT2D eigenvalue weighted by molar-refractivity contribution is 6.32. The van der Waals surface area contributed by atoms with Gasteiger partial charge in [-0.25, -0.2) is 14.5 Å². The minimum atomic E-state index is -0.616. The molecular formula is C29H25Cl3N8O6. The average Bonchev–Trinajstić information content (AvgIpc) is 3.76. The third-order valence-electron chi connectivity index (χ3n) is 6.88. The minimum absolute atomic E-state index is 0.133. The number of aromatic nitrogens is 7. The number of carbonyl (C=O) groups excluding carboxylic acids is 1. The number of pyridine rings is 2. The summed E-state index contributed by atoms with van der Waals surface area (Å²) in [5, 5.41) is 18.5. The molecule has 0 aliphatic carbocycles. The lowest BCUT2D eigenvalue weighted by molar-refractivity contribution is -0.122. The zero-order valence-electron chi connectivity index (χ0n) is 24.0. The van der Waals surface area contributed by atoms with Crippen LogP contribution in [0.3, 0.4) is 0 Å². The molecule has 1 aliphatic heterocycles. The van der Waals surface area contributed by atoms with Crippen LogP contribution in [-0.4, -0.2) is 72.5 Å². The van der Waals surface area contributed by atoms with E-state index in [-0.39, 0.29) is 35.0 Å². The van der Waals surface area contributed by atoms with Crippen LogP contribution in [0.4, 0.5) is 10.5 Å². The maximum Gasteiger partial charge on any atom is 0.411 e. The number of ether oxygens (including phenoxy) is 2. The monoisotopic (exact) mass is 686 g/mol. The molecule has 0 saturated carbocycles. The Morgan fingerprint density at radius 2 is 1.98 bits per heavy atom. The molecule has 5 heterocycles. The zero-order chi connectivity index (χ0) is 32.8. The van der Waals surface area contributed by atoms with Crippen molar-refractivity contribution in [2.75, 3.05) is 25.6 Å². The molecule has 1 amide bonds. The molecule has 0 unspecified atom stereocenters. The molecule has 6 rings (SSSR count). The number of nitrogens with one attached hydrogen (secondary N) is 2. The lowest BCUT2D eigenvalue weighted by Gasteiger charge is -2.15. The fraction of sp³-hybridized carbons (Fsp3) is 0.207. The van der Waals surface area contributed by atoms with E-state index in [4.69, 9.17) is 59.2 Å². The molecule has 14 nitrogen and oxygen atoms in total. The molecule has 4 aromatic heterocycles.